The van der Waals surface area contributed by atoms with Gasteiger partial charge in [-0.3, -0.25) is 4.79 Å². The van der Waals surface area contributed by atoms with Gasteiger partial charge in [0.05, 0.1) is 28.7 Å². The van der Waals surface area contributed by atoms with Crippen molar-refractivity contribution in [2.45, 2.75) is 25.9 Å². The van der Waals surface area contributed by atoms with Gasteiger partial charge in [0.25, 0.3) is 5.91 Å². The second kappa shape index (κ2) is 8.45. The summed E-state index contributed by atoms with van der Waals surface area (Å²) < 4.78 is 21.6. The average molecular weight is 394 g/mol. The number of aryl methyl sites for hydroxylation is 1. The largest absolute Gasteiger partial charge is 0.380 e. The van der Waals surface area contributed by atoms with Crippen molar-refractivity contribution in [1.29, 1.82) is 0 Å². The van der Waals surface area contributed by atoms with Gasteiger partial charge in [0.2, 0.25) is 0 Å². The second-order valence-corrected chi connectivity index (χ2v) is 7.07. The number of ether oxygens (including phenoxy) is 1. The zero-order chi connectivity index (χ0) is 20.2. The number of halogens is 1. The summed E-state index contributed by atoms with van der Waals surface area (Å²) in [6.45, 7) is 3.10. The Labute approximate surface area is 168 Å². The van der Waals surface area contributed by atoms with Crippen molar-refractivity contribution < 1.29 is 13.9 Å². The first kappa shape index (κ1) is 19.1. The van der Waals surface area contributed by atoms with E-state index in [1.54, 1.807) is 29.9 Å². The third-order valence-corrected chi connectivity index (χ3v) is 4.94. The number of benzene rings is 2. The molecule has 1 atom stereocenters. The summed E-state index contributed by atoms with van der Waals surface area (Å²) in [6.07, 6.45) is 3.82. The number of nitrogens with zero attached hydrogens (tertiary/aromatic N) is 2. The summed E-state index contributed by atoms with van der Waals surface area (Å²) in [5, 5.41) is 10.2. The van der Waals surface area contributed by atoms with E-state index in [-0.39, 0.29) is 12.0 Å². The first-order valence-electron chi connectivity index (χ1n) is 9.68. The number of hydrogen-bond acceptors (Lipinski definition) is 4. The average Bonchev–Trinajstić information content (AvgIpc) is 3.38. The van der Waals surface area contributed by atoms with Crippen molar-refractivity contribution in [2.24, 2.45) is 0 Å². The van der Waals surface area contributed by atoms with Gasteiger partial charge in [0.1, 0.15) is 5.82 Å². The van der Waals surface area contributed by atoms with E-state index in [4.69, 9.17) is 4.74 Å². The first-order chi connectivity index (χ1) is 14.1. The van der Waals surface area contributed by atoms with Crippen LogP contribution in [-0.2, 0) is 4.74 Å². The van der Waals surface area contributed by atoms with Crippen LogP contribution in [0.25, 0.3) is 5.69 Å². The lowest BCUT2D eigenvalue weighted by Gasteiger charge is -2.13. The third kappa shape index (κ3) is 4.46. The molecule has 3 aromatic rings. The summed E-state index contributed by atoms with van der Waals surface area (Å²) in [5.41, 5.74) is 2.69. The molecule has 0 saturated carbocycles. The van der Waals surface area contributed by atoms with Crippen molar-refractivity contribution in [3.63, 3.8) is 0 Å². The van der Waals surface area contributed by atoms with Crippen LogP contribution in [0.5, 0.6) is 0 Å². The molecule has 0 aliphatic carbocycles. The Morgan fingerprint density at radius 1 is 1.28 bits per heavy atom. The van der Waals surface area contributed by atoms with Gasteiger partial charge in [-0.05, 0) is 50.1 Å². The van der Waals surface area contributed by atoms with Gasteiger partial charge in [0.15, 0.2) is 0 Å². The van der Waals surface area contributed by atoms with E-state index in [9.17, 15) is 9.18 Å². The number of aromatic nitrogens is 2. The van der Waals surface area contributed by atoms with Crippen molar-refractivity contribution in [2.75, 3.05) is 23.8 Å². The molecule has 4 rings (SSSR count). The van der Waals surface area contributed by atoms with E-state index < -0.39 is 5.82 Å². The lowest BCUT2D eigenvalue weighted by Crippen LogP contribution is -2.19. The van der Waals surface area contributed by atoms with Crippen LogP contribution in [0.15, 0.2) is 54.7 Å². The minimum absolute atomic E-state index is 0.123. The molecule has 1 fully saturated rings. The van der Waals surface area contributed by atoms with E-state index in [2.05, 4.69) is 15.7 Å². The normalized spacial score (nSPS) is 16.0. The summed E-state index contributed by atoms with van der Waals surface area (Å²) in [5.74, 6) is -0.748. The predicted molar refractivity (Wildman–Crippen MR) is 110 cm³/mol. The number of hydrogen-bond donors (Lipinski definition) is 2. The topological polar surface area (TPSA) is 68.2 Å². The SMILES string of the molecule is Cc1nn(-c2ccccc2)cc1C(=O)Nc1ccc(NCC2CCCO2)c(F)c1. The zero-order valence-electron chi connectivity index (χ0n) is 16.2. The first-order valence-corrected chi connectivity index (χ1v) is 9.68. The number of rotatable bonds is 6. The molecule has 6 nitrogen and oxygen atoms in total. The number of amides is 1. The third-order valence-electron chi connectivity index (χ3n) is 4.94. The molecule has 0 bridgehead atoms. The molecule has 0 radical (unpaired) electrons. The molecular weight excluding hydrogens is 371 g/mol. The van der Waals surface area contributed by atoms with Gasteiger partial charge < -0.3 is 15.4 Å². The summed E-state index contributed by atoms with van der Waals surface area (Å²) in [4.78, 5) is 12.7. The van der Waals surface area contributed by atoms with Gasteiger partial charge in [-0.2, -0.15) is 5.10 Å². The van der Waals surface area contributed by atoms with E-state index >= 15 is 0 Å². The number of carbonyl (C=O) groups excluding carboxylic acids is 1. The van der Waals surface area contributed by atoms with Crippen LogP contribution in [0.2, 0.25) is 0 Å². The number of para-hydroxylation sites is 1. The summed E-state index contributed by atoms with van der Waals surface area (Å²) >= 11 is 0. The summed E-state index contributed by atoms with van der Waals surface area (Å²) in [6, 6.07) is 14.2. The van der Waals surface area contributed by atoms with Crippen molar-refractivity contribution in [3.05, 3.63) is 71.8 Å². The molecule has 7 heteroatoms. The Kier molecular flexibility index (Phi) is 5.57. The second-order valence-electron chi connectivity index (χ2n) is 7.07. The molecule has 2 N–H and O–H groups in total. The minimum atomic E-state index is -0.419. The van der Waals surface area contributed by atoms with Gasteiger partial charge in [-0.25, -0.2) is 9.07 Å². The molecule has 0 spiro atoms. The van der Waals surface area contributed by atoms with Crippen LogP contribution in [0.4, 0.5) is 15.8 Å². The maximum absolute atomic E-state index is 14.4. The molecule has 29 heavy (non-hydrogen) atoms. The lowest BCUT2D eigenvalue weighted by molar-refractivity contribution is 0.102. The highest BCUT2D eigenvalue weighted by atomic mass is 19.1. The molecule has 2 aromatic carbocycles. The van der Waals surface area contributed by atoms with Crippen LogP contribution < -0.4 is 10.6 Å². The fourth-order valence-electron chi connectivity index (χ4n) is 3.36. The van der Waals surface area contributed by atoms with Crippen LogP contribution >= 0.6 is 0 Å². The molecule has 1 aliphatic rings. The molecule has 150 valence electrons. The van der Waals surface area contributed by atoms with E-state index in [0.717, 1.165) is 25.1 Å². The zero-order valence-corrected chi connectivity index (χ0v) is 16.2. The van der Waals surface area contributed by atoms with Crippen molar-refractivity contribution >= 4 is 17.3 Å². The van der Waals surface area contributed by atoms with Crippen LogP contribution in [0, 0.1) is 12.7 Å². The minimum Gasteiger partial charge on any atom is -0.380 e. The smallest absolute Gasteiger partial charge is 0.259 e. The van der Waals surface area contributed by atoms with Gasteiger partial charge >= 0.3 is 0 Å². The quantitative estimate of drug-likeness (QED) is 0.659. The molecule has 1 amide bonds. The van der Waals surface area contributed by atoms with E-state index in [1.165, 1.54) is 6.07 Å². The Hall–Kier alpha value is -3.19. The summed E-state index contributed by atoms with van der Waals surface area (Å²) in [7, 11) is 0. The maximum Gasteiger partial charge on any atom is 0.259 e. The molecular formula is C22H23FN4O2. The number of anilines is 2. The van der Waals surface area contributed by atoms with Gasteiger partial charge in [-0.1, -0.05) is 18.2 Å². The van der Waals surface area contributed by atoms with Crippen LogP contribution in [0.3, 0.4) is 0 Å². The Morgan fingerprint density at radius 2 is 2.10 bits per heavy atom. The highest BCUT2D eigenvalue weighted by Gasteiger charge is 2.17. The standard InChI is InChI=1S/C22H23FN4O2/c1-15-19(14-27(26-15)17-6-3-2-4-7-17)22(28)25-16-9-10-21(20(23)12-16)24-13-18-8-5-11-29-18/h2-4,6-7,9-10,12,14,18,24H,5,8,11,13H2,1H3,(H,25,28). The van der Waals surface area contributed by atoms with Crippen molar-refractivity contribution in [1.82, 2.24) is 9.78 Å². The molecule has 2 heterocycles. The van der Waals surface area contributed by atoms with Gasteiger partial charge in [0, 0.05) is 25.0 Å². The van der Waals surface area contributed by atoms with Crippen LogP contribution in [0.1, 0.15) is 28.9 Å². The Balaban J connectivity index is 1.43. The molecule has 1 unspecified atom stereocenters. The molecule has 1 aliphatic heterocycles. The highest BCUT2D eigenvalue weighted by Crippen LogP contribution is 2.21. The lowest BCUT2D eigenvalue weighted by atomic mass is 10.2. The van der Waals surface area contributed by atoms with Crippen LogP contribution in [-0.4, -0.2) is 34.9 Å². The number of carbonyl (C=O) groups is 1. The highest BCUT2D eigenvalue weighted by molar-refractivity contribution is 6.05. The molecule has 1 saturated heterocycles. The predicted octanol–water partition coefficient (Wildman–Crippen LogP) is 4.16. The maximum atomic E-state index is 14.4. The van der Waals surface area contributed by atoms with Gasteiger partial charge in [-0.15, -0.1) is 0 Å². The Morgan fingerprint density at radius 3 is 2.83 bits per heavy atom. The van der Waals surface area contributed by atoms with E-state index in [0.29, 0.717) is 29.2 Å². The monoisotopic (exact) mass is 394 g/mol. The molecule has 1 aromatic heterocycles. The Bertz CT molecular complexity index is 997. The van der Waals surface area contributed by atoms with E-state index in [1.807, 2.05) is 30.3 Å². The van der Waals surface area contributed by atoms with Crippen molar-refractivity contribution in [3.8, 4) is 5.69 Å². The fourth-order valence-corrected chi connectivity index (χ4v) is 3.36. The fraction of sp³-hybridized carbons (Fsp3) is 0.273. The number of nitrogens with one attached hydrogen (secondary N) is 2.